The molecule has 0 unspecified atom stereocenters. The highest BCUT2D eigenvalue weighted by atomic mass is 35.5. The largest absolute Gasteiger partial charge is 0.463 e. The van der Waals surface area contributed by atoms with Gasteiger partial charge in [0.1, 0.15) is 0 Å². The molecule has 0 heterocycles. The molecular formula is C14H18ClNO2. The number of carbonyl (C=O) groups is 1. The number of hydrogen-bond donors (Lipinski definition) is 1. The molecule has 1 atom stereocenters. The zero-order chi connectivity index (χ0) is 13.4. The fourth-order valence-electron chi connectivity index (χ4n) is 1.48. The van der Waals surface area contributed by atoms with Crippen molar-refractivity contribution in [2.75, 3.05) is 13.2 Å². The summed E-state index contributed by atoms with van der Waals surface area (Å²) in [5, 5.41) is 4.00. The molecule has 0 saturated carbocycles. The number of benzene rings is 1. The summed E-state index contributed by atoms with van der Waals surface area (Å²) in [4.78, 5) is 11.0. The van der Waals surface area contributed by atoms with Crippen molar-refractivity contribution in [3.05, 3.63) is 47.0 Å². The van der Waals surface area contributed by atoms with Crippen LogP contribution in [0.2, 0.25) is 5.02 Å². The highest BCUT2D eigenvalue weighted by Crippen LogP contribution is 2.16. The Kier molecular flexibility index (Phi) is 6.47. The average molecular weight is 268 g/mol. The molecule has 1 aromatic carbocycles. The van der Waals surface area contributed by atoms with Crippen LogP contribution in [0.25, 0.3) is 0 Å². The molecule has 0 bridgehead atoms. The monoisotopic (exact) mass is 267 g/mol. The normalized spacial score (nSPS) is 12.6. The zero-order valence-electron chi connectivity index (χ0n) is 10.7. The molecule has 0 fully saturated rings. The fourth-order valence-corrected chi connectivity index (χ4v) is 1.68. The van der Waals surface area contributed by atoms with Crippen molar-refractivity contribution in [2.24, 2.45) is 0 Å². The van der Waals surface area contributed by atoms with Crippen molar-refractivity contribution in [1.82, 2.24) is 5.32 Å². The van der Waals surface area contributed by atoms with Crippen molar-refractivity contribution in [3.8, 4) is 0 Å². The van der Waals surface area contributed by atoms with Gasteiger partial charge in [-0.3, -0.25) is 0 Å². The highest BCUT2D eigenvalue weighted by Gasteiger charge is 2.03. The molecule has 1 rings (SSSR count). The Morgan fingerprint density at radius 1 is 1.56 bits per heavy atom. The van der Waals surface area contributed by atoms with E-state index >= 15 is 0 Å². The SMILES string of the molecule is CCOC(=O)/C=C/CN[C@H](C)c1cccc(Cl)c1. The van der Waals surface area contributed by atoms with Crippen LogP contribution in [0.1, 0.15) is 25.5 Å². The molecule has 3 nitrogen and oxygen atoms in total. The molecule has 0 saturated heterocycles. The van der Waals surface area contributed by atoms with Crippen molar-refractivity contribution in [3.63, 3.8) is 0 Å². The summed E-state index contributed by atoms with van der Waals surface area (Å²) in [6.45, 7) is 4.83. The van der Waals surface area contributed by atoms with Crippen LogP contribution in [0, 0.1) is 0 Å². The van der Waals surface area contributed by atoms with Gasteiger partial charge in [0, 0.05) is 23.7 Å². The maximum atomic E-state index is 11.0. The standard InChI is InChI=1S/C14H18ClNO2/c1-3-18-14(17)8-5-9-16-11(2)12-6-4-7-13(15)10-12/h4-8,10-11,16H,3,9H2,1-2H3/b8-5+/t11-/m1/s1. The first-order chi connectivity index (χ1) is 8.63. The van der Waals surface area contributed by atoms with Crippen LogP contribution in [0.4, 0.5) is 0 Å². The summed E-state index contributed by atoms with van der Waals surface area (Å²) in [7, 11) is 0. The summed E-state index contributed by atoms with van der Waals surface area (Å²) in [5.41, 5.74) is 1.12. The smallest absolute Gasteiger partial charge is 0.330 e. The number of rotatable bonds is 6. The van der Waals surface area contributed by atoms with E-state index in [1.807, 2.05) is 31.2 Å². The molecule has 0 spiro atoms. The van der Waals surface area contributed by atoms with Crippen LogP contribution in [-0.2, 0) is 9.53 Å². The maximum Gasteiger partial charge on any atom is 0.330 e. The maximum absolute atomic E-state index is 11.0. The number of halogens is 1. The molecule has 0 aromatic heterocycles. The lowest BCUT2D eigenvalue weighted by Crippen LogP contribution is -2.18. The van der Waals surface area contributed by atoms with E-state index in [0.29, 0.717) is 13.2 Å². The van der Waals surface area contributed by atoms with Gasteiger partial charge in [0.05, 0.1) is 6.61 Å². The molecule has 0 aliphatic rings. The van der Waals surface area contributed by atoms with Crippen LogP contribution in [0.3, 0.4) is 0 Å². The second-order valence-electron chi connectivity index (χ2n) is 3.84. The first-order valence-electron chi connectivity index (χ1n) is 5.95. The first kappa shape index (κ1) is 14.7. The van der Waals surface area contributed by atoms with Crippen molar-refractivity contribution >= 4 is 17.6 Å². The van der Waals surface area contributed by atoms with E-state index in [9.17, 15) is 4.79 Å². The van der Waals surface area contributed by atoms with Gasteiger partial charge in [0.2, 0.25) is 0 Å². The van der Waals surface area contributed by atoms with Gasteiger partial charge < -0.3 is 10.1 Å². The van der Waals surface area contributed by atoms with Crippen LogP contribution >= 0.6 is 11.6 Å². The first-order valence-corrected chi connectivity index (χ1v) is 6.33. The summed E-state index contributed by atoms with van der Waals surface area (Å²) in [6, 6.07) is 7.88. The lowest BCUT2D eigenvalue weighted by molar-refractivity contribution is -0.137. The Balaban J connectivity index is 2.37. The molecule has 1 N–H and O–H groups in total. The lowest BCUT2D eigenvalue weighted by Gasteiger charge is -2.12. The predicted molar refractivity (Wildman–Crippen MR) is 73.6 cm³/mol. The highest BCUT2D eigenvalue weighted by molar-refractivity contribution is 6.30. The summed E-state index contributed by atoms with van der Waals surface area (Å²) in [6.07, 6.45) is 3.18. The third kappa shape index (κ3) is 5.34. The van der Waals surface area contributed by atoms with Gasteiger partial charge >= 0.3 is 5.97 Å². The quantitative estimate of drug-likeness (QED) is 0.636. The van der Waals surface area contributed by atoms with Crippen LogP contribution in [0.15, 0.2) is 36.4 Å². The number of esters is 1. The van der Waals surface area contributed by atoms with Crippen molar-refractivity contribution < 1.29 is 9.53 Å². The average Bonchev–Trinajstić information content (AvgIpc) is 2.35. The Bertz CT molecular complexity index is 418. The molecular weight excluding hydrogens is 250 g/mol. The van der Waals surface area contributed by atoms with Crippen molar-refractivity contribution in [2.45, 2.75) is 19.9 Å². The van der Waals surface area contributed by atoms with E-state index in [0.717, 1.165) is 10.6 Å². The third-order valence-electron chi connectivity index (χ3n) is 2.43. The number of carbonyl (C=O) groups excluding carboxylic acids is 1. The van der Waals surface area contributed by atoms with E-state index in [-0.39, 0.29) is 12.0 Å². The van der Waals surface area contributed by atoms with E-state index < -0.39 is 0 Å². The fraction of sp³-hybridized carbons (Fsp3) is 0.357. The van der Waals surface area contributed by atoms with Gasteiger partial charge in [0.15, 0.2) is 0 Å². The van der Waals surface area contributed by atoms with Gasteiger partial charge in [-0.2, -0.15) is 0 Å². The van der Waals surface area contributed by atoms with Gasteiger partial charge in [0.25, 0.3) is 0 Å². The van der Waals surface area contributed by atoms with Crippen LogP contribution in [-0.4, -0.2) is 19.1 Å². The molecule has 0 aliphatic carbocycles. The molecule has 4 heteroatoms. The second-order valence-corrected chi connectivity index (χ2v) is 4.28. The summed E-state index contributed by atoms with van der Waals surface area (Å²) in [5.74, 6) is -0.310. The Morgan fingerprint density at radius 3 is 3.00 bits per heavy atom. The zero-order valence-corrected chi connectivity index (χ0v) is 11.4. The van der Waals surface area contributed by atoms with Crippen LogP contribution in [0.5, 0.6) is 0 Å². The van der Waals surface area contributed by atoms with E-state index in [2.05, 4.69) is 5.32 Å². The molecule has 0 radical (unpaired) electrons. The Hall–Kier alpha value is -1.32. The topological polar surface area (TPSA) is 38.3 Å². The number of ether oxygens (including phenoxy) is 1. The van der Waals surface area contributed by atoms with Gasteiger partial charge in [-0.1, -0.05) is 29.8 Å². The second kappa shape index (κ2) is 7.90. The number of hydrogen-bond acceptors (Lipinski definition) is 3. The summed E-state index contributed by atoms with van der Waals surface area (Å²) < 4.78 is 4.78. The minimum atomic E-state index is -0.310. The molecule has 98 valence electrons. The summed E-state index contributed by atoms with van der Waals surface area (Å²) >= 11 is 5.92. The molecule has 1 aromatic rings. The molecule has 0 amide bonds. The van der Waals surface area contributed by atoms with Crippen LogP contribution < -0.4 is 5.32 Å². The van der Waals surface area contributed by atoms with E-state index in [4.69, 9.17) is 16.3 Å². The molecule has 0 aliphatic heterocycles. The molecule has 18 heavy (non-hydrogen) atoms. The van der Waals surface area contributed by atoms with E-state index in [1.165, 1.54) is 6.08 Å². The third-order valence-corrected chi connectivity index (χ3v) is 2.67. The van der Waals surface area contributed by atoms with Gasteiger partial charge in [-0.25, -0.2) is 4.79 Å². The lowest BCUT2D eigenvalue weighted by atomic mass is 10.1. The Labute approximate surface area is 113 Å². The minimum Gasteiger partial charge on any atom is -0.463 e. The van der Waals surface area contributed by atoms with Gasteiger partial charge in [-0.05, 0) is 31.5 Å². The van der Waals surface area contributed by atoms with Crippen molar-refractivity contribution in [1.29, 1.82) is 0 Å². The minimum absolute atomic E-state index is 0.176. The predicted octanol–water partition coefficient (Wildman–Crippen LogP) is 3.11. The Morgan fingerprint density at radius 2 is 2.33 bits per heavy atom. The van der Waals surface area contributed by atoms with Gasteiger partial charge in [-0.15, -0.1) is 0 Å². The van der Waals surface area contributed by atoms with E-state index in [1.54, 1.807) is 13.0 Å². The number of nitrogens with one attached hydrogen (secondary N) is 1.